The predicted octanol–water partition coefficient (Wildman–Crippen LogP) is 7.94. The first-order valence-electron chi connectivity index (χ1n) is 18.2. The minimum atomic E-state index is -0.0670. The summed E-state index contributed by atoms with van der Waals surface area (Å²) in [4.78, 5) is 32.8. The van der Waals surface area contributed by atoms with Crippen molar-refractivity contribution in [2.45, 2.75) is 76.9 Å². The van der Waals surface area contributed by atoms with Crippen molar-refractivity contribution in [1.82, 2.24) is 9.80 Å². The Kier molecular flexibility index (Phi) is 8.49. The maximum absolute atomic E-state index is 13.9. The fraction of sp³-hybridized carbons (Fsp3) is 0.476. The second kappa shape index (κ2) is 12.9. The number of carbonyl (C=O) groups is 2. The number of aryl methyl sites for hydroxylation is 1. The molecular weight excluding hydrogens is 580 g/mol. The molecule has 4 aromatic rings. The second-order valence-electron chi connectivity index (χ2n) is 15.1. The number of ketones is 2. The van der Waals surface area contributed by atoms with Gasteiger partial charge in [-0.05, 0) is 140 Å². The van der Waals surface area contributed by atoms with Crippen molar-refractivity contribution in [3.8, 4) is 0 Å². The van der Waals surface area contributed by atoms with Crippen molar-refractivity contribution in [3.05, 3.63) is 94.5 Å². The van der Waals surface area contributed by atoms with Crippen LogP contribution in [0.1, 0.15) is 94.7 Å². The molecule has 5 heteroatoms. The fourth-order valence-electron chi connectivity index (χ4n) is 9.08. The lowest BCUT2D eigenvalue weighted by Crippen LogP contribution is -2.51. The Balaban J connectivity index is 0.989. The number of hydrogen-bond acceptors (Lipinski definition) is 5. The summed E-state index contributed by atoms with van der Waals surface area (Å²) in [6.07, 6.45) is 9.11. The van der Waals surface area contributed by atoms with Crippen LogP contribution in [0.25, 0.3) is 21.5 Å². The fourth-order valence-corrected chi connectivity index (χ4v) is 9.08. The summed E-state index contributed by atoms with van der Waals surface area (Å²) in [5, 5.41) is 14.5. The number of fused-ring (bicyclic) bond motifs is 2. The Bertz CT molecular complexity index is 1830. The van der Waals surface area contributed by atoms with Crippen molar-refractivity contribution >= 4 is 33.1 Å². The summed E-state index contributed by atoms with van der Waals surface area (Å²) < 4.78 is 0. The first-order valence-corrected chi connectivity index (χ1v) is 18.2. The van der Waals surface area contributed by atoms with E-state index in [2.05, 4.69) is 47.1 Å². The van der Waals surface area contributed by atoms with Gasteiger partial charge in [0.05, 0.1) is 6.61 Å². The van der Waals surface area contributed by atoms with Gasteiger partial charge in [-0.3, -0.25) is 14.5 Å². The van der Waals surface area contributed by atoms with Gasteiger partial charge in [0.25, 0.3) is 0 Å². The number of hydrogen-bond donors (Lipinski definition) is 1. The van der Waals surface area contributed by atoms with E-state index in [1.807, 2.05) is 36.4 Å². The van der Waals surface area contributed by atoms with E-state index in [-0.39, 0.29) is 24.2 Å². The number of aliphatic hydroxyl groups is 1. The van der Waals surface area contributed by atoms with E-state index in [4.69, 9.17) is 0 Å². The second-order valence-corrected chi connectivity index (χ2v) is 15.1. The van der Waals surface area contributed by atoms with Gasteiger partial charge in [0.1, 0.15) is 0 Å². The monoisotopic (exact) mass is 628 g/mol. The summed E-state index contributed by atoms with van der Waals surface area (Å²) in [6.45, 7) is 7.25. The van der Waals surface area contributed by atoms with Gasteiger partial charge in [0.15, 0.2) is 11.6 Å². The molecule has 4 unspecified atom stereocenters. The van der Waals surface area contributed by atoms with Gasteiger partial charge in [-0.1, -0.05) is 48.5 Å². The van der Waals surface area contributed by atoms with Crippen LogP contribution in [0.3, 0.4) is 0 Å². The van der Waals surface area contributed by atoms with Gasteiger partial charge >= 0.3 is 0 Å². The van der Waals surface area contributed by atoms with Gasteiger partial charge in [-0.15, -0.1) is 0 Å². The molecule has 2 aliphatic heterocycles. The molecular formula is C42H48N2O3. The molecule has 2 saturated heterocycles. The third kappa shape index (κ3) is 6.07. The summed E-state index contributed by atoms with van der Waals surface area (Å²) in [5.74, 6) is 1.92. The number of benzene rings is 4. The molecule has 47 heavy (non-hydrogen) atoms. The van der Waals surface area contributed by atoms with Crippen LogP contribution in [-0.4, -0.2) is 65.2 Å². The SMILES string of the molecule is Cc1c(C2CCC2N2CCCC(C(=O)c3cc(CO)c4ccccc4c3)C2)ccc2ccc(C(=O)C3CCCN(CC4CC4)C3)cc12. The van der Waals surface area contributed by atoms with E-state index in [0.29, 0.717) is 17.7 Å². The molecule has 8 rings (SSSR count). The third-order valence-corrected chi connectivity index (χ3v) is 12.0. The largest absolute Gasteiger partial charge is 0.392 e. The first kappa shape index (κ1) is 30.9. The van der Waals surface area contributed by atoms with Crippen molar-refractivity contribution < 1.29 is 14.7 Å². The van der Waals surface area contributed by atoms with Gasteiger partial charge < -0.3 is 10.0 Å². The van der Waals surface area contributed by atoms with Crippen molar-refractivity contribution in [2.24, 2.45) is 17.8 Å². The van der Waals surface area contributed by atoms with E-state index < -0.39 is 0 Å². The molecule has 0 bridgehead atoms. The van der Waals surface area contributed by atoms with Crippen LogP contribution in [0, 0.1) is 24.7 Å². The number of aliphatic hydroxyl groups excluding tert-OH is 1. The van der Waals surface area contributed by atoms with E-state index >= 15 is 0 Å². The highest BCUT2D eigenvalue weighted by molar-refractivity contribution is 6.03. The topological polar surface area (TPSA) is 60.9 Å². The maximum Gasteiger partial charge on any atom is 0.167 e. The average molecular weight is 629 g/mol. The Labute approximate surface area is 278 Å². The van der Waals surface area contributed by atoms with Crippen LogP contribution in [0.15, 0.2) is 66.7 Å². The normalized spacial score (nSPS) is 25.6. The average Bonchev–Trinajstić information content (AvgIpc) is 3.92. The number of nitrogens with zero attached hydrogens (tertiary/aromatic N) is 2. The Morgan fingerprint density at radius 2 is 1.51 bits per heavy atom. The molecule has 0 aromatic heterocycles. The van der Waals surface area contributed by atoms with Crippen LogP contribution in [0.5, 0.6) is 0 Å². The van der Waals surface area contributed by atoms with E-state index in [1.54, 1.807) is 0 Å². The molecule has 0 spiro atoms. The van der Waals surface area contributed by atoms with Gasteiger partial charge in [0, 0.05) is 48.6 Å². The summed E-state index contributed by atoms with van der Waals surface area (Å²) in [7, 11) is 0. The van der Waals surface area contributed by atoms with Gasteiger partial charge in [0.2, 0.25) is 0 Å². The molecule has 4 aromatic carbocycles. The summed E-state index contributed by atoms with van der Waals surface area (Å²) in [5.41, 5.74) is 5.13. The van der Waals surface area contributed by atoms with Crippen molar-refractivity contribution in [1.29, 1.82) is 0 Å². The molecule has 1 N–H and O–H groups in total. The lowest BCUT2D eigenvalue weighted by Gasteiger charge is -2.48. The maximum atomic E-state index is 13.9. The number of rotatable bonds is 9. The minimum Gasteiger partial charge on any atom is -0.392 e. The molecule has 0 radical (unpaired) electrons. The first-order chi connectivity index (χ1) is 23.0. The van der Waals surface area contributed by atoms with Crippen LogP contribution in [-0.2, 0) is 6.61 Å². The highest BCUT2D eigenvalue weighted by atomic mass is 16.3. The number of carbonyl (C=O) groups excluding carboxylic acids is 2. The molecule has 4 fully saturated rings. The lowest BCUT2D eigenvalue weighted by molar-refractivity contribution is 0.0506. The molecule has 2 heterocycles. The van der Waals surface area contributed by atoms with E-state index in [1.165, 1.54) is 41.3 Å². The highest BCUT2D eigenvalue weighted by Crippen LogP contribution is 2.44. The molecule has 244 valence electrons. The number of piperidine rings is 2. The Morgan fingerprint density at radius 3 is 2.30 bits per heavy atom. The minimum absolute atomic E-state index is 0.0241. The smallest absolute Gasteiger partial charge is 0.167 e. The van der Waals surface area contributed by atoms with Crippen LogP contribution in [0.2, 0.25) is 0 Å². The van der Waals surface area contributed by atoms with Crippen LogP contribution in [0.4, 0.5) is 0 Å². The molecule has 4 atom stereocenters. The highest BCUT2D eigenvalue weighted by Gasteiger charge is 2.40. The van der Waals surface area contributed by atoms with Crippen LogP contribution >= 0.6 is 0 Å². The van der Waals surface area contributed by atoms with E-state index in [9.17, 15) is 14.7 Å². The third-order valence-electron chi connectivity index (χ3n) is 12.0. The zero-order valence-electron chi connectivity index (χ0n) is 27.8. The van der Waals surface area contributed by atoms with Crippen LogP contribution < -0.4 is 0 Å². The predicted molar refractivity (Wildman–Crippen MR) is 189 cm³/mol. The zero-order valence-corrected chi connectivity index (χ0v) is 27.8. The lowest BCUT2D eigenvalue weighted by atomic mass is 9.71. The standard InChI is InChI=1S/C42H48N2O3/c1-27-36(15-14-29-12-13-31(22-39(27)29)41(46)32-7-4-18-43(24-32)23-28-10-11-28)38-16-17-40(38)44-19-5-8-33(25-44)42(47)34-20-30-6-2-3-9-37(30)35(21-34)26-45/h2-3,6,9,12-15,20-22,28,32-33,38,40,45H,4-5,7-8,10-11,16-19,23-26H2,1H3. The van der Waals surface area contributed by atoms with E-state index in [0.717, 1.165) is 98.1 Å². The number of Topliss-reactive ketones (excluding diaryl/α,β-unsaturated/α-hetero) is 2. The molecule has 0 amide bonds. The zero-order chi connectivity index (χ0) is 32.1. The quantitative estimate of drug-likeness (QED) is 0.191. The molecule has 5 nitrogen and oxygen atoms in total. The van der Waals surface area contributed by atoms with Crippen molar-refractivity contribution in [3.63, 3.8) is 0 Å². The van der Waals surface area contributed by atoms with Gasteiger partial charge in [-0.2, -0.15) is 0 Å². The molecule has 4 aliphatic rings. The summed E-state index contributed by atoms with van der Waals surface area (Å²) >= 11 is 0. The molecule has 2 aliphatic carbocycles. The van der Waals surface area contributed by atoms with Gasteiger partial charge in [-0.25, -0.2) is 0 Å². The Hall–Kier alpha value is -3.38. The Morgan fingerprint density at radius 1 is 0.745 bits per heavy atom. The summed E-state index contributed by atoms with van der Waals surface area (Å²) in [6, 6.07) is 23.3. The van der Waals surface area contributed by atoms with Crippen molar-refractivity contribution in [2.75, 3.05) is 32.7 Å². The number of likely N-dealkylation sites (tertiary alicyclic amines) is 2. The molecule has 2 saturated carbocycles.